The predicted molar refractivity (Wildman–Crippen MR) is 112 cm³/mol. The summed E-state index contributed by atoms with van der Waals surface area (Å²) in [6.07, 6.45) is 3.62. The van der Waals surface area contributed by atoms with E-state index >= 15 is 0 Å². The summed E-state index contributed by atoms with van der Waals surface area (Å²) in [5, 5.41) is -0.122. The van der Waals surface area contributed by atoms with E-state index in [1.54, 1.807) is 0 Å². The Bertz CT molecular complexity index is 848. The zero-order chi connectivity index (χ0) is 21.4. The second-order valence-electron chi connectivity index (χ2n) is 8.70. The molecule has 3 heterocycles. The van der Waals surface area contributed by atoms with Gasteiger partial charge in [-0.3, -0.25) is 19.3 Å². The number of nitrogens with zero attached hydrogens (tertiary/aromatic N) is 3. The number of halogens is 2. The Morgan fingerprint density at radius 1 is 1.07 bits per heavy atom. The number of carbonyl (C=O) groups excluding carboxylic acids is 3. The van der Waals surface area contributed by atoms with Crippen LogP contribution in [0.3, 0.4) is 0 Å². The molecule has 4 rings (SSSR count). The van der Waals surface area contributed by atoms with Gasteiger partial charge in [0, 0.05) is 19.0 Å². The Hall–Kier alpha value is -1.99. The molecule has 1 aromatic rings. The van der Waals surface area contributed by atoms with E-state index in [4.69, 9.17) is 11.6 Å². The van der Waals surface area contributed by atoms with E-state index in [1.807, 2.05) is 9.80 Å². The fraction of sp³-hybridized carbons (Fsp3) is 0.591. The topological polar surface area (TPSA) is 60.9 Å². The number of amides is 3. The lowest BCUT2D eigenvalue weighted by Gasteiger charge is -2.38. The maximum absolute atomic E-state index is 13.4. The Labute approximate surface area is 180 Å². The molecule has 3 fully saturated rings. The molecule has 0 spiro atoms. The van der Waals surface area contributed by atoms with Gasteiger partial charge in [0.05, 0.1) is 23.2 Å². The molecule has 162 valence electrons. The van der Waals surface area contributed by atoms with Crippen LogP contribution in [0.4, 0.5) is 10.1 Å². The van der Waals surface area contributed by atoms with Gasteiger partial charge in [0.1, 0.15) is 5.82 Å². The largest absolute Gasteiger partial charge is 0.342 e. The molecule has 0 N–H and O–H groups in total. The maximum Gasteiger partial charge on any atom is 0.251 e. The first-order valence-corrected chi connectivity index (χ1v) is 11.1. The molecule has 0 saturated carbocycles. The quantitative estimate of drug-likeness (QED) is 0.684. The Morgan fingerprint density at radius 3 is 2.37 bits per heavy atom. The van der Waals surface area contributed by atoms with Crippen LogP contribution in [-0.2, 0) is 14.4 Å². The number of anilines is 1. The van der Waals surface area contributed by atoms with Gasteiger partial charge in [-0.2, -0.15) is 0 Å². The van der Waals surface area contributed by atoms with Gasteiger partial charge in [0.25, 0.3) is 5.91 Å². The van der Waals surface area contributed by atoms with Gasteiger partial charge in [-0.15, -0.1) is 0 Å². The van der Waals surface area contributed by atoms with Gasteiger partial charge in [0.15, 0.2) is 0 Å². The van der Waals surface area contributed by atoms with Crippen LogP contribution in [0.1, 0.15) is 39.0 Å². The molecule has 8 heteroatoms. The Kier molecular flexibility index (Phi) is 6.11. The standard InChI is InChI=1S/C22H27ClFN3O3/c1-14-4-8-26(9-5-14)21(29)15-6-10-25(11-7-15)19-13-20(28)27(22(19)30)16-2-3-18(24)17(23)12-16/h2-3,12,14-15,19H,4-11,13H2,1H3/t19-/m1/s1. The zero-order valence-electron chi connectivity index (χ0n) is 17.2. The zero-order valence-corrected chi connectivity index (χ0v) is 17.9. The van der Waals surface area contributed by atoms with E-state index in [0.717, 1.165) is 36.9 Å². The molecule has 6 nitrogen and oxygen atoms in total. The number of likely N-dealkylation sites (tertiary alicyclic amines) is 2. The maximum atomic E-state index is 13.4. The minimum Gasteiger partial charge on any atom is -0.342 e. The highest BCUT2D eigenvalue weighted by atomic mass is 35.5. The molecule has 1 aromatic carbocycles. The highest BCUT2D eigenvalue weighted by molar-refractivity contribution is 6.31. The average molecular weight is 436 g/mol. The first kappa shape index (κ1) is 21.2. The summed E-state index contributed by atoms with van der Waals surface area (Å²) in [5.41, 5.74) is 0.295. The number of hydrogen-bond donors (Lipinski definition) is 0. The molecule has 3 aliphatic rings. The normalized spacial score (nSPS) is 24.7. The van der Waals surface area contributed by atoms with Crippen molar-refractivity contribution >= 4 is 35.0 Å². The van der Waals surface area contributed by atoms with E-state index in [-0.39, 0.29) is 35.1 Å². The fourth-order valence-corrected chi connectivity index (χ4v) is 4.92. The van der Waals surface area contributed by atoms with Crippen LogP contribution in [0, 0.1) is 17.7 Å². The van der Waals surface area contributed by atoms with Crippen molar-refractivity contribution in [3.05, 3.63) is 29.0 Å². The van der Waals surface area contributed by atoms with E-state index in [2.05, 4.69) is 6.92 Å². The number of imide groups is 1. The van der Waals surface area contributed by atoms with Crippen molar-refractivity contribution in [1.82, 2.24) is 9.80 Å². The molecule has 1 atom stereocenters. The highest BCUT2D eigenvalue weighted by Gasteiger charge is 2.44. The van der Waals surface area contributed by atoms with Crippen molar-refractivity contribution in [1.29, 1.82) is 0 Å². The summed E-state index contributed by atoms with van der Waals surface area (Å²) in [6, 6.07) is 3.32. The smallest absolute Gasteiger partial charge is 0.251 e. The Morgan fingerprint density at radius 2 is 1.73 bits per heavy atom. The second kappa shape index (κ2) is 8.63. The summed E-state index contributed by atoms with van der Waals surface area (Å²) < 4.78 is 13.4. The molecule has 3 saturated heterocycles. The van der Waals surface area contributed by atoms with Crippen molar-refractivity contribution in [2.75, 3.05) is 31.1 Å². The Balaban J connectivity index is 1.37. The summed E-state index contributed by atoms with van der Waals surface area (Å²) in [7, 11) is 0. The van der Waals surface area contributed by atoms with Crippen LogP contribution in [-0.4, -0.2) is 59.7 Å². The SMILES string of the molecule is CC1CCN(C(=O)C2CCN([C@@H]3CC(=O)N(c4ccc(F)c(Cl)c4)C3=O)CC2)CC1. The van der Waals surface area contributed by atoms with Gasteiger partial charge in [-0.1, -0.05) is 18.5 Å². The van der Waals surface area contributed by atoms with E-state index in [0.29, 0.717) is 37.5 Å². The van der Waals surface area contributed by atoms with Crippen LogP contribution >= 0.6 is 11.6 Å². The third kappa shape index (κ3) is 4.10. The van der Waals surface area contributed by atoms with Gasteiger partial charge < -0.3 is 4.90 Å². The molecule has 3 aliphatic heterocycles. The minimum atomic E-state index is -0.592. The van der Waals surface area contributed by atoms with Crippen LogP contribution in [0.2, 0.25) is 5.02 Å². The molecule has 0 aliphatic carbocycles. The summed E-state index contributed by atoms with van der Waals surface area (Å²) in [6.45, 7) is 5.13. The number of benzene rings is 1. The first-order valence-electron chi connectivity index (χ1n) is 10.7. The van der Waals surface area contributed by atoms with Crippen molar-refractivity contribution in [3.8, 4) is 0 Å². The molecule has 30 heavy (non-hydrogen) atoms. The average Bonchev–Trinajstić information content (AvgIpc) is 3.04. The molecular formula is C22H27ClFN3O3. The number of rotatable bonds is 3. The van der Waals surface area contributed by atoms with Crippen LogP contribution in [0.5, 0.6) is 0 Å². The number of piperidine rings is 2. The number of hydrogen-bond acceptors (Lipinski definition) is 4. The summed E-state index contributed by atoms with van der Waals surface area (Å²) in [4.78, 5) is 43.4. The van der Waals surface area contributed by atoms with Gasteiger partial charge in [0.2, 0.25) is 11.8 Å². The van der Waals surface area contributed by atoms with E-state index < -0.39 is 11.9 Å². The summed E-state index contributed by atoms with van der Waals surface area (Å²) >= 11 is 5.82. The molecule has 0 unspecified atom stereocenters. The number of carbonyl (C=O) groups is 3. The summed E-state index contributed by atoms with van der Waals surface area (Å²) in [5.74, 6) is -0.302. The van der Waals surface area contributed by atoms with E-state index in [9.17, 15) is 18.8 Å². The molecule has 0 bridgehead atoms. The molecule has 0 aromatic heterocycles. The molecule has 0 radical (unpaired) electrons. The van der Waals surface area contributed by atoms with Crippen LogP contribution in [0.15, 0.2) is 18.2 Å². The van der Waals surface area contributed by atoms with Crippen LogP contribution < -0.4 is 4.90 Å². The van der Waals surface area contributed by atoms with Crippen molar-refractivity contribution in [2.45, 2.75) is 45.1 Å². The van der Waals surface area contributed by atoms with Crippen molar-refractivity contribution in [3.63, 3.8) is 0 Å². The fourth-order valence-electron chi connectivity index (χ4n) is 4.74. The van der Waals surface area contributed by atoms with Crippen molar-refractivity contribution < 1.29 is 18.8 Å². The van der Waals surface area contributed by atoms with Gasteiger partial charge in [-0.25, -0.2) is 9.29 Å². The van der Waals surface area contributed by atoms with Gasteiger partial charge in [-0.05, 0) is 62.9 Å². The lowest BCUT2D eigenvalue weighted by Crippen LogP contribution is -2.49. The first-order chi connectivity index (χ1) is 14.3. The monoisotopic (exact) mass is 435 g/mol. The molecular weight excluding hydrogens is 409 g/mol. The van der Waals surface area contributed by atoms with Crippen molar-refractivity contribution in [2.24, 2.45) is 11.8 Å². The van der Waals surface area contributed by atoms with Crippen LogP contribution in [0.25, 0.3) is 0 Å². The third-order valence-corrected chi connectivity index (χ3v) is 6.99. The second-order valence-corrected chi connectivity index (χ2v) is 9.11. The lowest BCUT2D eigenvalue weighted by molar-refractivity contribution is -0.138. The third-order valence-electron chi connectivity index (χ3n) is 6.70. The predicted octanol–water partition coefficient (Wildman–Crippen LogP) is 3.08. The minimum absolute atomic E-state index is 0.00568. The lowest BCUT2D eigenvalue weighted by atomic mass is 9.92. The highest BCUT2D eigenvalue weighted by Crippen LogP contribution is 2.31. The van der Waals surface area contributed by atoms with Gasteiger partial charge >= 0.3 is 0 Å². The van der Waals surface area contributed by atoms with E-state index in [1.165, 1.54) is 12.1 Å². The molecule has 3 amide bonds.